The molecule has 6 heteroatoms. The maximum absolute atomic E-state index is 12.4. The van der Waals surface area contributed by atoms with E-state index in [4.69, 9.17) is 4.74 Å². The van der Waals surface area contributed by atoms with Crippen LogP contribution in [0, 0.1) is 23.2 Å². The molecule has 3 aliphatic heterocycles. The number of nitrogens with one attached hydrogen (secondary N) is 1. The average molecular weight is 394 g/mol. The number of likely N-dealkylation sites (tertiary alicyclic amines) is 1. The van der Waals surface area contributed by atoms with E-state index < -0.39 is 0 Å². The van der Waals surface area contributed by atoms with E-state index >= 15 is 0 Å². The van der Waals surface area contributed by atoms with Gasteiger partial charge in [0.1, 0.15) is 0 Å². The van der Waals surface area contributed by atoms with Crippen LogP contribution in [0.5, 0.6) is 0 Å². The number of amides is 1. The summed E-state index contributed by atoms with van der Waals surface area (Å²) >= 11 is 1.47. The van der Waals surface area contributed by atoms with Crippen molar-refractivity contribution in [1.29, 1.82) is 5.26 Å². The third-order valence-corrected chi connectivity index (χ3v) is 7.50. The van der Waals surface area contributed by atoms with Crippen molar-refractivity contribution < 1.29 is 9.53 Å². The minimum Gasteiger partial charge on any atom is -0.370 e. The number of nitrogens with zero attached hydrogens (tertiary/aromatic N) is 2. The van der Waals surface area contributed by atoms with Crippen molar-refractivity contribution >= 4 is 17.2 Å². The number of benzene rings is 1. The molecule has 1 aromatic carbocycles. The Kier molecular flexibility index (Phi) is 4.47. The molecule has 2 aromatic rings. The van der Waals surface area contributed by atoms with Gasteiger partial charge in [-0.15, -0.1) is 11.3 Å². The molecule has 1 N–H and O–H groups in total. The number of ether oxygens (including phenoxy) is 1. The second-order valence-corrected chi connectivity index (χ2v) is 9.10. The van der Waals surface area contributed by atoms with E-state index in [1.807, 2.05) is 41.8 Å². The van der Waals surface area contributed by atoms with Crippen LogP contribution in [0.4, 0.5) is 0 Å². The maximum atomic E-state index is 12.4. The highest BCUT2D eigenvalue weighted by molar-refractivity contribution is 7.12. The fourth-order valence-electron chi connectivity index (χ4n) is 5.39. The molecule has 3 aliphatic rings. The second kappa shape index (κ2) is 7.00. The lowest BCUT2D eigenvalue weighted by Gasteiger charge is -2.29. The molecule has 0 radical (unpaired) electrons. The summed E-state index contributed by atoms with van der Waals surface area (Å²) in [6.07, 6.45) is 2.45. The first-order valence-electron chi connectivity index (χ1n) is 9.88. The molecule has 1 aromatic heterocycles. The van der Waals surface area contributed by atoms with Gasteiger partial charge in [-0.2, -0.15) is 5.26 Å². The number of hydrogen-bond acceptors (Lipinski definition) is 5. The van der Waals surface area contributed by atoms with Crippen LogP contribution in [0.2, 0.25) is 0 Å². The molecule has 0 aliphatic carbocycles. The van der Waals surface area contributed by atoms with Crippen molar-refractivity contribution in [3.8, 4) is 6.07 Å². The van der Waals surface area contributed by atoms with Gasteiger partial charge in [0.05, 0.1) is 28.2 Å². The lowest BCUT2D eigenvalue weighted by atomic mass is 9.73. The van der Waals surface area contributed by atoms with Crippen LogP contribution < -0.4 is 5.32 Å². The third-order valence-electron chi connectivity index (χ3n) is 6.63. The zero-order chi connectivity index (χ0) is 19.1. The van der Waals surface area contributed by atoms with Gasteiger partial charge in [-0.25, -0.2) is 0 Å². The first kappa shape index (κ1) is 17.9. The van der Waals surface area contributed by atoms with Crippen molar-refractivity contribution in [2.24, 2.45) is 11.8 Å². The molecule has 1 spiro atoms. The molecule has 3 saturated heterocycles. The van der Waals surface area contributed by atoms with Crippen LogP contribution >= 0.6 is 11.3 Å². The number of carbonyl (C=O) groups is 1. The topological polar surface area (TPSA) is 65.4 Å². The zero-order valence-corrected chi connectivity index (χ0v) is 16.5. The highest BCUT2D eigenvalue weighted by Gasteiger charge is 2.62. The maximum Gasteiger partial charge on any atom is 0.261 e. The van der Waals surface area contributed by atoms with Crippen LogP contribution in [-0.4, -0.2) is 42.1 Å². The van der Waals surface area contributed by atoms with Gasteiger partial charge in [0, 0.05) is 38.0 Å². The smallest absolute Gasteiger partial charge is 0.261 e. The van der Waals surface area contributed by atoms with Crippen LogP contribution in [-0.2, 0) is 11.3 Å². The fraction of sp³-hybridized carbons (Fsp3) is 0.455. The summed E-state index contributed by atoms with van der Waals surface area (Å²) < 4.78 is 6.49. The van der Waals surface area contributed by atoms with Gasteiger partial charge < -0.3 is 10.1 Å². The van der Waals surface area contributed by atoms with E-state index in [1.165, 1.54) is 11.3 Å². The van der Waals surface area contributed by atoms with Gasteiger partial charge in [-0.05, 0) is 35.9 Å². The van der Waals surface area contributed by atoms with Crippen molar-refractivity contribution in [1.82, 2.24) is 10.2 Å². The molecule has 3 fully saturated rings. The molecule has 1 amide bonds. The van der Waals surface area contributed by atoms with Gasteiger partial charge in [-0.3, -0.25) is 9.69 Å². The van der Waals surface area contributed by atoms with Crippen molar-refractivity contribution in [3.05, 3.63) is 57.8 Å². The molecule has 144 valence electrons. The zero-order valence-electron chi connectivity index (χ0n) is 15.6. The summed E-state index contributed by atoms with van der Waals surface area (Å²) in [5, 5.41) is 14.4. The first-order chi connectivity index (χ1) is 13.7. The van der Waals surface area contributed by atoms with Crippen LogP contribution in [0.3, 0.4) is 0 Å². The van der Waals surface area contributed by atoms with Gasteiger partial charge >= 0.3 is 0 Å². The predicted octanol–water partition coefficient (Wildman–Crippen LogP) is 3.03. The molecule has 28 heavy (non-hydrogen) atoms. The Bertz CT molecular complexity index is 922. The Balaban J connectivity index is 1.27. The molecular weight excluding hydrogens is 370 g/mol. The summed E-state index contributed by atoms with van der Waals surface area (Å²) in [6, 6.07) is 13.9. The minimum atomic E-state index is -0.0649. The lowest BCUT2D eigenvalue weighted by Crippen LogP contribution is -2.41. The quantitative estimate of drug-likeness (QED) is 0.848. The molecule has 2 bridgehead atoms. The van der Waals surface area contributed by atoms with Crippen LogP contribution in [0.15, 0.2) is 41.8 Å². The van der Waals surface area contributed by atoms with Crippen LogP contribution in [0.25, 0.3) is 0 Å². The Morgan fingerprint density at radius 3 is 3.07 bits per heavy atom. The Hall–Kier alpha value is -2.20. The van der Waals surface area contributed by atoms with Gasteiger partial charge in [-0.1, -0.05) is 24.3 Å². The van der Waals surface area contributed by atoms with Gasteiger partial charge in [0.25, 0.3) is 5.91 Å². The standard InChI is InChI=1S/C22H23N3O2S/c23-10-15-4-1-2-5-16(15)12-25-13-18-17(19-7-8-22(18,14-25)27-19)11-24-21(26)20-6-3-9-28-20/h1-6,9,17-19H,7-8,11-14H2,(H,24,26)/t17-,18+,19+,22+/m0/s1. The summed E-state index contributed by atoms with van der Waals surface area (Å²) in [5.41, 5.74) is 1.77. The third kappa shape index (κ3) is 2.95. The number of rotatable bonds is 5. The summed E-state index contributed by atoms with van der Waals surface area (Å²) in [5.74, 6) is 0.836. The number of nitriles is 1. The molecule has 4 atom stereocenters. The molecule has 0 saturated carbocycles. The predicted molar refractivity (Wildman–Crippen MR) is 107 cm³/mol. The van der Waals surface area contributed by atoms with E-state index in [9.17, 15) is 10.1 Å². The van der Waals surface area contributed by atoms with E-state index in [-0.39, 0.29) is 17.6 Å². The van der Waals surface area contributed by atoms with Crippen LogP contribution in [0.1, 0.15) is 33.6 Å². The van der Waals surface area contributed by atoms with E-state index in [0.717, 1.165) is 48.5 Å². The SMILES string of the molecule is N#Cc1ccccc1CN1C[C@@H]2[C@H](CNC(=O)c3cccs3)[C@H]3CC[C@]2(C1)O3. The van der Waals surface area contributed by atoms with E-state index in [1.54, 1.807) is 0 Å². The highest BCUT2D eigenvalue weighted by atomic mass is 32.1. The Morgan fingerprint density at radius 1 is 1.36 bits per heavy atom. The van der Waals surface area contributed by atoms with Crippen molar-refractivity contribution in [3.63, 3.8) is 0 Å². The molecule has 0 unspecified atom stereocenters. The average Bonchev–Trinajstić information content (AvgIpc) is 3.47. The number of thiophene rings is 1. The van der Waals surface area contributed by atoms with Crippen molar-refractivity contribution in [2.45, 2.75) is 31.1 Å². The number of hydrogen-bond donors (Lipinski definition) is 1. The largest absolute Gasteiger partial charge is 0.370 e. The monoisotopic (exact) mass is 393 g/mol. The summed E-state index contributed by atoms with van der Waals surface area (Å²) in [7, 11) is 0. The van der Waals surface area contributed by atoms with E-state index in [2.05, 4.69) is 16.3 Å². The summed E-state index contributed by atoms with van der Waals surface area (Å²) in [6.45, 7) is 3.35. The number of carbonyl (C=O) groups excluding carboxylic acids is 1. The first-order valence-corrected chi connectivity index (χ1v) is 10.8. The number of fused-ring (bicyclic) bond motifs is 1. The molecule has 5 nitrogen and oxygen atoms in total. The van der Waals surface area contributed by atoms with Gasteiger partial charge in [0.2, 0.25) is 0 Å². The second-order valence-electron chi connectivity index (χ2n) is 8.16. The van der Waals surface area contributed by atoms with E-state index in [0.29, 0.717) is 18.4 Å². The molecule has 5 rings (SSSR count). The van der Waals surface area contributed by atoms with Crippen molar-refractivity contribution in [2.75, 3.05) is 19.6 Å². The van der Waals surface area contributed by atoms with Gasteiger partial charge in [0.15, 0.2) is 0 Å². The fourth-order valence-corrected chi connectivity index (χ4v) is 6.03. The normalized spacial score (nSPS) is 30.9. The Morgan fingerprint density at radius 2 is 2.25 bits per heavy atom. The Labute approximate surface area is 168 Å². The minimum absolute atomic E-state index is 0.0182. The molecule has 4 heterocycles. The highest BCUT2D eigenvalue weighted by Crippen LogP contribution is 2.54. The lowest BCUT2D eigenvalue weighted by molar-refractivity contribution is 0.00212. The molecular formula is C22H23N3O2S. The summed E-state index contributed by atoms with van der Waals surface area (Å²) in [4.78, 5) is 15.5.